The molecule has 1 aromatic carbocycles. The molecule has 1 heterocycles. The number of rotatable bonds is 2. The van der Waals surface area contributed by atoms with Gasteiger partial charge in [-0.25, -0.2) is 13.6 Å². The van der Waals surface area contributed by atoms with Gasteiger partial charge >= 0.3 is 12.0 Å². The smallest absolute Gasteiger partial charge is 0.408 e. The van der Waals surface area contributed by atoms with Crippen LogP contribution in [0.25, 0.3) is 0 Å². The Morgan fingerprint density at radius 2 is 2.05 bits per heavy atom. The number of nitro groups is 1. The van der Waals surface area contributed by atoms with E-state index in [9.17, 15) is 23.7 Å². The summed E-state index contributed by atoms with van der Waals surface area (Å²) < 4.78 is 31.4. The summed E-state index contributed by atoms with van der Waals surface area (Å²) in [6, 6.07) is 3.27. The summed E-state index contributed by atoms with van der Waals surface area (Å²) in [6.45, 7) is -1.10. The zero-order valence-electron chi connectivity index (χ0n) is 9.34. The van der Waals surface area contributed by atoms with Gasteiger partial charge in [-0.2, -0.15) is 0 Å². The van der Waals surface area contributed by atoms with Gasteiger partial charge in [-0.3, -0.25) is 10.1 Å². The summed E-state index contributed by atoms with van der Waals surface area (Å²) in [7, 11) is 0. The van der Waals surface area contributed by atoms with Gasteiger partial charge in [0.1, 0.15) is 6.04 Å². The largest absolute Gasteiger partial charge is 0.443 e. The van der Waals surface area contributed by atoms with Crippen molar-refractivity contribution in [3.05, 3.63) is 39.9 Å². The van der Waals surface area contributed by atoms with Crippen molar-refractivity contribution in [2.45, 2.75) is 12.0 Å². The number of alkyl carbamates (subject to hydrolysis) is 1. The number of alkyl halides is 2. The van der Waals surface area contributed by atoms with Crippen molar-refractivity contribution in [3.8, 4) is 0 Å². The number of nitrogens with zero attached hydrogens (tertiary/aromatic N) is 1. The minimum Gasteiger partial charge on any atom is -0.443 e. The van der Waals surface area contributed by atoms with Crippen LogP contribution in [0.5, 0.6) is 0 Å². The van der Waals surface area contributed by atoms with Crippen molar-refractivity contribution in [3.63, 3.8) is 0 Å². The normalized spacial score (nSPS) is 20.7. The number of hydrogen-bond acceptors (Lipinski definition) is 4. The van der Waals surface area contributed by atoms with Gasteiger partial charge in [-0.15, -0.1) is 12.4 Å². The van der Waals surface area contributed by atoms with Crippen molar-refractivity contribution in [2.24, 2.45) is 0 Å². The van der Waals surface area contributed by atoms with Crippen molar-refractivity contribution in [1.29, 1.82) is 0 Å². The number of halogens is 3. The lowest BCUT2D eigenvalue weighted by molar-refractivity contribution is -0.386. The van der Waals surface area contributed by atoms with E-state index in [0.29, 0.717) is 0 Å². The summed E-state index contributed by atoms with van der Waals surface area (Å²) in [5.74, 6) is -3.40. The molecule has 0 saturated carbocycles. The molecule has 1 N–H and O–H groups in total. The third-order valence-corrected chi connectivity index (χ3v) is 2.52. The summed E-state index contributed by atoms with van der Waals surface area (Å²) >= 11 is 0. The van der Waals surface area contributed by atoms with Gasteiger partial charge in [0.25, 0.3) is 5.69 Å². The Morgan fingerprint density at radius 3 is 2.68 bits per heavy atom. The molecular weight excluding hydrogens is 286 g/mol. The van der Waals surface area contributed by atoms with Gasteiger partial charge in [0.2, 0.25) is 0 Å². The van der Waals surface area contributed by atoms with Crippen LogP contribution in [0.1, 0.15) is 11.6 Å². The molecule has 0 spiro atoms. The molecule has 19 heavy (non-hydrogen) atoms. The van der Waals surface area contributed by atoms with Gasteiger partial charge in [0.05, 0.1) is 10.5 Å². The second-order valence-electron chi connectivity index (χ2n) is 3.73. The molecule has 1 aliphatic heterocycles. The third kappa shape index (κ3) is 2.90. The van der Waals surface area contributed by atoms with E-state index in [1.807, 2.05) is 5.32 Å². The van der Waals surface area contributed by atoms with Crippen LogP contribution in [0.15, 0.2) is 24.3 Å². The van der Waals surface area contributed by atoms with Crippen LogP contribution < -0.4 is 5.32 Å². The predicted octanol–water partition coefficient (Wildman–Crippen LogP) is 2.43. The maximum Gasteiger partial charge on any atom is 0.408 e. The lowest BCUT2D eigenvalue weighted by Crippen LogP contribution is -2.49. The molecule has 0 aromatic heterocycles. The van der Waals surface area contributed by atoms with Gasteiger partial charge in [-0.1, -0.05) is 12.1 Å². The van der Waals surface area contributed by atoms with Gasteiger partial charge in [-0.05, 0) is 6.07 Å². The molecule has 1 saturated heterocycles. The fourth-order valence-corrected chi connectivity index (χ4v) is 1.71. The molecule has 1 aromatic rings. The zero-order chi connectivity index (χ0) is 13.3. The molecule has 6 nitrogen and oxygen atoms in total. The highest BCUT2D eigenvalue weighted by atomic mass is 35.5. The van der Waals surface area contributed by atoms with Crippen molar-refractivity contribution < 1.29 is 23.2 Å². The number of carbonyl (C=O) groups excluding carboxylic acids is 1. The quantitative estimate of drug-likeness (QED) is 0.671. The fraction of sp³-hybridized carbons (Fsp3) is 0.300. The number of amides is 1. The van der Waals surface area contributed by atoms with Crippen molar-refractivity contribution in [1.82, 2.24) is 5.32 Å². The van der Waals surface area contributed by atoms with Crippen molar-refractivity contribution in [2.75, 3.05) is 6.61 Å². The molecular formula is C10H9ClF2N2O4. The Bertz CT molecular complexity index is 512. The molecule has 104 valence electrons. The Kier molecular flexibility index (Phi) is 4.25. The highest BCUT2D eigenvalue weighted by Gasteiger charge is 2.48. The fourth-order valence-electron chi connectivity index (χ4n) is 1.71. The number of nitrogens with one attached hydrogen (secondary N) is 1. The first-order valence-corrected chi connectivity index (χ1v) is 4.96. The first-order valence-electron chi connectivity index (χ1n) is 4.96. The van der Waals surface area contributed by atoms with E-state index in [4.69, 9.17) is 0 Å². The first kappa shape index (κ1) is 15.1. The number of hydrogen-bond donors (Lipinski definition) is 1. The van der Waals surface area contributed by atoms with E-state index < -0.39 is 35.3 Å². The molecule has 0 unspecified atom stereocenters. The highest BCUT2D eigenvalue weighted by Crippen LogP contribution is 2.38. The maximum atomic E-state index is 13.6. The number of ether oxygens (including phenoxy) is 1. The molecule has 9 heteroatoms. The maximum absolute atomic E-state index is 13.6. The SMILES string of the molecule is Cl.O=C1N[C@@H](c2ccccc2[N+](=O)[O-])C(F)(F)CO1. The number of cyclic esters (lactones) is 1. The summed E-state index contributed by atoms with van der Waals surface area (Å²) in [4.78, 5) is 21.0. The topological polar surface area (TPSA) is 81.5 Å². The third-order valence-electron chi connectivity index (χ3n) is 2.52. The number of carbonyl (C=O) groups is 1. The van der Waals surface area contributed by atoms with Crippen LogP contribution in [0.2, 0.25) is 0 Å². The first-order chi connectivity index (χ1) is 8.42. The number of para-hydroxylation sites is 1. The number of nitro benzene ring substituents is 1. The average molecular weight is 295 g/mol. The van der Waals surface area contributed by atoms with E-state index in [1.54, 1.807) is 0 Å². The van der Waals surface area contributed by atoms with E-state index in [-0.39, 0.29) is 18.0 Å². The minimum atomic E-state index is -3.40. The monoisotopic (exact) mass is 294 g/mol. The van der Waals surface area contributed by atoms with E-state index in [0.717, 1.165) is 6.07 Å². The van der Waals surface area contributed by atoms with Crippen LogP contribution in [0, 0.1) is 10.1 Å². The Hall–Kier alpha value is -1.96. The molecule has 1 fully saturated rings. The van der Waals surface area contributed by atoms with Crippen molar-refractivity contribution >= 4 is 24.2 Å². The van der Waals surface area contributed by atoms with Crippen LogP contribution in [0.4, 0.5) is 19.3 Å². The molecule has 0 aliphatic carbocycles. The molecule has 1 amide bonds. The van der Waals surface area contributed by atoms with Gasteiger partial charge in [0.15, 0.2) is 6.61 Å². The van der Waals surface area contributed by atoms with Crippen LogP contribution in [-0.4, -0.2) is 23.5 Å². The standard InChI is InChI=1S/C10H8F2N2O4.ClH/c11-10(12)5-18-9(15)13-8(10)6-3-1-2-4-7(6)14(16)17;/h1-4,8H,5H2,(H,13,15);1H/t8-;/m0./s1. The molecule has 2 rings (SSSR count). The Balaban J connectivity index is 0.00000180. The lowest BCUT2D eigenvalue weighted by Gasteiger charge is -2.31. The van der Waals surface area contributed by atoms with Crippen LogP contribution >= 0.6 is 12.4 Å². The van der Waals surface area contributed by atoms with Crippen LogP contribution in [-0.2, 0) is 4.74 Å². The minimum absolute atomic E-state index is 0. The summed E-state index contributed by atoms with van der Waals surface area (Å²) in [5.41, 5.74) is -0.714. The Labute approximate surface area is 112 Å². The zero-order valence-corrected chi connectivity index (χ0v) is 10.2. The predicted molar refractivity (Wildman–Crippen MR) is 62.5 cm³/mol. The average Bonchev–Trinajstić information content (AvgIpc) is 2.32. The molecule has 0 bridgehead atoms. The second-order valence-corrected chi connectivity index (χ2v) is 3.73. The second kappa shape index (κ2) is 5.35. The molecule has 1 aliphatic rings. The van der Waals surface area contributed by atoms with Gasteiger partial charge < -0.3 is 10.1 Å². The van der Waals surface area contributed by atoms with Crippen LogP contribution in [0.3, 0.4) is 0 Å². The van der Waals surface area contributed by atoms with E-state index in [1.165, 1.54) is 18.2 Å². The summed E-state index contributed by atoms with van der Waals surface area (Å²) in [6.07, 6.45) is -1.02. The molecule has 1 atom stereocenters. The number of benzene rings is 1. The van der Waals surface area contributed by atoms with Gasteiger partial charge in [0, 0.05) is 6.07 Å². The summed E-state index contributed by atoms with van der Waals surface area (Å²) in [5, 5.41) is 12.7. The van der Waals surface area contributed by atoms with E-state index in [2.05, 4.69) is 4.74 Å². The molecule has 0 radical (unpaired) electrons. The Morgan fingerprint density at radius 1 is 1.42 bits per heavy atom. The van der Waals surface area contributed by atoms with E-state index >= 15 is 0 Å². The lowest BCUT2D eigenvalue weighted by atomic mass is 9.98. The highest BCUT2D eigenvalue weighted by molar-refractivity contribution is 5.85.